The van der Waals surface area contributed by atoms with Gasteiger partial charge in [-0.2, -0.15) is 0 Å². The van der Waals surface area contributed by atoms with E-state index in [1.807, 2.05) is 0 Å². The Bertz CT molecular complexity index is 181. The van der Waals surface area contributed by atoms with Crippen LogP contribution in [0.2, 0.25) is 0 Å². The van der Waals surface area contributed by atoms with Crippen molar-refractivity contribution in [3.63, 3.8) is 0 Å². The van der Waals surface area contributed by atoms with Crippen LogP contribution in [-0.2, 0) is 0 Å². The van der Waals surface area contributed by atoms with Gasteiger partial charge in [0.25, 0.3) is 0 Å². The molecule has 2 atom stereocenters. The summed E-state index contributed by atoms with van der Waals surface area (Å²) in [4.78, 5) is 0. The fourth-order valence-electron chi connectivity index (χ4n) is 1.99. The van der Waals surface area contributed by atoms with Crippen LogP contribution in [0.1, 0.15) is 39.0 Å². The molecule has 0 amide bonds. The van der Waals surface area contributed by atoms with Crippen molar-refractivity contribution >= 4 is 0 Å². The van der Waals surface area contributed by atoms with Crippen molar-refractivity contribution in [2.45, 2.75) is 45.1 Å². The van der Waals surface area contributed by atoms with E-state index in [9.17, 15) is 0 Å². The van der Waals surface area contributed by atoms with Crippen LogP contribution in [0.3, 0.4) is 0 Å². The summed E-state index contributed by atoms with van der Waals surface area (Å²) < 4.78 is 4.03. The summed E-state index contributed by atoms with van der Waals surface area (Å²) in [5.41, 5.74) is 0. The SMILES string of the molecule is C[C@@H](/C=C\C1CCCCC1)N1C[I-]1. The number of allylic oxidation sites excluding steroid dienone is 1. The van der Waals surface area contributed by atoms with Gasteiger partial charge in [0.2, 0.25) is 0 Å². The van der Waals surface area contributed by atoms with Gasteiger partial charge in [-0.3, -0.25) is 0 Å². The van der Waals surface area contributed by atoms with Crippen LogP contribution in [0.15, 0.2) is 12.2 Å². The van der Waals surface area contributed by atoms with Crippen LogP contribution in [-0.4, -0.2) is 13.7 Å². The van der Waals surface area contributed by atoms with Gasteiger partial charge in [0.1, 0.15) is 0 Å². The van der Waals surface area contributed by atoms with Crippen molar-refractivity contribution in [1.82, 2.24) is 3.11 Å². The maximum atomic E-state index is 2.61. The summed E-state index contributed by atoms with van der Waals surface area (Å²) in [5, 5.41) is 0. The molecule has 0 aromatic heterocycles. The van der Waals surface area contributed by atoms with Crippen LogP contribution in [0, 0.1) is 5.92 Å². The van der Waals surface area contributed by atoms with E-state index in [0.29, 0.717) is 21.5 Å². The van der Waals surface area contributed by atoms with Gasteiger partial charge in [-0.15, -0.1) is 0 Å². The Labute approximate surface area is 92.2 Å². The minimum absolute atomic E-state index is 0.485. The summed E-state index contributed by atoms with van der Waals surface area (Å²) in [7, 11) is 0. The molecule has 1 nitrogen and oxygen atoms in total. The molecule has 13 heavy (non-hydrogen) atoms. The fraction of sp³-hybridized carbons (Fsp3) is 0.818. The van der Waals surface area contributed by atoms with Crippen LogP contribution < -0.4 is 21.5 Å². The molecular weight excluding hydrogens is 273 g/mol. The Morgan fingerprint density at radius 1 is 1.31 bits per heavy atom. The summed E-state index contributed by atoms with van der Waals surface area (Å²) in [6.07, 6.45) is 12.2. The van der Waals surface area contributed by atoms with Gasteiger partial charge < -0.3 is 0 Å². The number of hydrogen-bond donors (Lipinski definition) is 0. The minimum atomic E-state index is 0.485. The van der Waals surface area contributed by atoms with Gasteiger partial charge in [0.05, 0.1) is 0 Å². The van der Waals surface area contributed by atoms with E-state index >= 15 is 0 Å². The Morgan fingerprint density at radius 2 is 2.00 bits per heavy atom. The zero-order valence-electron chi connectivity index (χ0n) is 8.38. The molecule has 1 saturated heterocycles. The molecule has 2 heteroatoms. The molecule has 0 radical (unpaired) electrons. The molecule has 1 saturated carbocycles. The zero-order chi connectivity index (χ0) is 9.10. The average Bonchev–Trinajstić information content (AvgIpc) is 2.99. The standard InChI is InChI=1S/C11H19IN/c1-10(13-9-12-13)7-8-11-5-3-2-4-6-11/h7-8,10-11H,2-6,9H2,1H3/q-1/b8-7-/t10-,13?/m0/s1. The molecule has 0 bridgehead atoms. The van der Waals surface area contributed by atoms with Gasteiger partial charge in [-0.1, -0.05) is 0 Å². The van der Waals surface area contributed by atoms with E-state index in [0.717, 1.165) is 12.0 Å². The Balaban J connectivity index is 1.74. The van der Waals surface area contributed by atoms with E-state index in [1.165, 1.54) is 36.7 Å². The van der Waals surface area contributed by atoms with E-state index < -0.39 is 0 Å². The summed E-state index contributed by atoms with van der Waals surface area (Å²) in [6.45, 7) is 2.34. The van der Waals surface area contributed by atoms with E-state index in [1.54, 1.807) is 0 Å². The molecule has 1 aliphatic heterocycles. The summed E-state index contributed by atoms with van der Waals surface area (Å²) >= 11 is 0.485. The van der Waals surface area contributed by atoms with E-state index in [-0.39, 0.29) is 0 Å². The molecule has 2 aliphatic rings. The van der Waals surface area contributed by atoms with Crippen LogP contribution in [0.25, 0.3) is 0 Å². The molecule has 0 aromatic rings. The number of rotatable bonds is 3. The zero-order valence-corrected chi connectivity index (χ0v) is 10.5. The van der Waals surface area contributed by atoms with Crippen LogP contribution in [0.5, 0.6) is 0 Å². The van der Waals surface area contributed by atoms with Gasteiger partial charge >= 0.3 is 92.3 Å². The van der Waals surface area contributed by atoms with Gasteiger partial charge in [0, 0.05) is 0 Å². The molecule has 1 aliphatic carbocycles. The van der Waals surface area contributed by atoms with Crippen LogP contribution in [0.4, 0.5) is 0 Å². The molecule has 1 heterocycles. The first kappa shape index (κ1) is 9.97. The van der Waals surface area contributed by atoms with E-state index in [4.69, 9.17) is 0 Å². The van der Waals surface area contributed by atoms with Crippen LogP contribution >= 0.6 is 0 Å². The molecular formula is C11H19IN-. The predicted octanol–water partition coefficient (Wildman–Crippen LogP) is -0.211. The Kier molecular flexibility index (Phi) is 3.66. The monoisotopic (exact) mass is 292 g/mol. The first-order valence-electron chi connectivity index (χ1n) is 5.40. The second kappa shape index (κ2) is 4.78. The predicted molar refractivity (Wildman–Crippen MR) is 51.9 cm³/mol. The third kappa shape index (κ3) is 3.24. The first-order valence-corrected chi connectivity index (χ1v) is 7.90. The van der Waals surface area contributed by atoms with Crippen molar-refractivity contribution in [3.8, 4) is 0 Å². The number of hydrogen-bond acceptors (Lipinski definition) is 1. The van der Waals surface area contributed by atoms with E-state index in [2.05, 4.69) is 22.2 Å². The quantitative estimate of drug-likeness (QED) is 0.174. The Hall–Kier alpha value is 0.430. The molecule has 0 aromatic carbocycles. The van der Waals surface area contributed by atoms with Gasteiger partial charge in [-0.05, 0) is 0 Å². The normalized spacial score (nSPS) is 32.8. The molecule has 0 spiro atoms. The third-order valence-electron chi connectivity index (χ3n) is 3.01. The fourth-order valence-corrected chi connectivity index (χ4v) is 3.59. The molecule has 1 unspecified atom stereocenters. The Morgan fingerprint density at radius 3 is 2.62 bits per heavy atom. The second-order valence-electron chi connectivity index (χ2n) is 4.16. The number of halogens is 1. The van der Waals surface area contributed by atoms with Crippen molar-refractivity contribution < 1.29 is 21.5 Å². The van der Waals surface area contributed by atoms with Crippen molar-refractivity contribution in [1.29, 1.82) is 0 Å². The summed E-state index contributed by atoms with van der Waals surface area (Å²) in [6, 6.07) is 0.745. The number of alkyl halides is 1. The van der Waals surface area contributed by atoms with Gasteiger partial charge in [0.15, 0.2) is 0 Å². The average molecular weight is 292 g/mol. The molecule has 76 valence electrons. The first-order chi connectivity index (χ1) is 6.36. The summed E-state index contributed by atoms with van der Waals surface area (Å²) in [5.74, 6) is 0.911. The van der Waals surface area contributed by atoms with Gasteiger partial charge in [-0.25, -0.2) is 0 Å². The molecule has 0 N–H and O–H groups in total. The van der Waals surface area contributed by atoms with Crippen molar-refractivity contribution in [3.05, 3.63) is 12.2 Å². The van der Waals surface area contributed by atoms with Crippen molar-refractivity contribution in [2.75, 3.05) is 4.55 Å². The topological polar surface area (TPSA) is 3.01 Å². The maximum absolute atomic E-state index is 2.61. The molecule has 2 rings (SSSR count). The second-order valence-corrected chi connectivity index (χ2v) is 6.77. The number of nitrogens with zero attached hydrogens (tertiary/aromatic N) is 1. The molecule has 2 fully saturated rings. The third-order valence-corrected chi connectivity index (χ3v) is 5.36. The van der Waals surface area contributed by atoms with Crippen molar-refractivity contribution in [2.24, 2.45) is 5.92 Å².